The zero-order valence-electron chi connectivity index (χ0n) is 9.17. The van der Waals surface area contributed by atoms with E-state index in [4.69, 9.17) is 0 Å². The molecule has 6 heteroatoms. The highest BCUT2D eigenvalue weighted by atomic mass is 19.4. The van der Waals surface area contributed by atoms with Gasteiger partial charge < -0.3 is 10.1 Å². The molecule has 0 radical (unpaired) electrons. The standard InChI is InChI=1S/C11H12F3NO2/c1-2-10(16)15-7-8-4-3-5-9(6-8)17-11(12,13)14/h3-6H,2,7H2,1H3,(H,15,16). The van der Waals surface area contributed by atoms with Crippen LogP contribution in [-0.2, 0) is 11.3 Å². The van der Waals surface area contributed by atoms with Gasteiger partial charge in [0.05, 0.1) is 0 Å². The van der Waals surface area contributed by atoms with Crippen LogP contribution >= 0.6 is 0 Å². The van der Waals surface area contributed by atoms with E-state index in [1.807, 2.05) is 0 Å². The van der Waals surface area contributed by atoms with Crippen molar-refractivity contribution in [2.45, 2.75) is 26.3 Å². The summed E-state index contributed by atoms with van der Waals surface area (Å²) in [6.45, 7) is 1.88. The maximum atomic E-state index is 11.9. The second kappa shape index (κ2) is 5.56. The minimum absolute atomic E-state index is 0.160. The van der Waals surface area contributed by atoms with Gasteiger partial charge in [-0.25, -0.2) is 0 Å². The predicted octanol–water partition coefficient (Wildman–Crippen LogP) is 2.61. The molecule has 0 saturated carbocycles. The molecule has 0 aliphatic heterocycles. The van der Waals surface area contributed by atoms with Crippen molar-refractivity contribution < 1.29 is 22.7 Å². The average Bonchev–Trinajstić information content (AvgIpc) is 2.24. The van der Waals surface area contributed by atoms with E-state index in [-0.39, 0.29) is 18.2 Å². The maximum absolute atomic E-state index is 11.9. The molecule has 3 nitrogen and oxygen atoms in total. The fourth-order valence-electron chi connectivity index (χ4n) is 1.18. The fraction of sp³-hybridized carbons (Fsp3) is 0.364. The van der Waals surface area contributed by atoms with Crippen molar-refractivity contribution in [1.82, 2.24) is 5.32 Å². The van der Waals surface area contributed by atoms with Crippen molar-refractivity contribution >= 4 is 5.91 Å². The summed E-state index contributed by atoms with van der Waals surface area (Å²) in [7, 11) is 0. The maximum Gasteiger partial charge on any atom is 0.573 e. The summed E-state index contributed by atoms with van der Waals surface area (Å²) >= 11 is 0. The summed E-state index contributed by atoms with van der Waals surface area (Å²) in [6.07, 6.45) is -4.37. The van der Waals surface area contributed by atoms with Crippen LogP contribution in [0.2, 0.25) is 0 Å². The number of ether oxygens (including phenoxy) is 1. The molecule has 0 fully saturated rings. The van der Waals surface area contributed by atoms with Crippen molar-refractivity contribution in [3.63, 3.8) is 0 Å². The largest absolute Gasteiger partial charge is 0.573 e. The third-order valence-corrected chi connectivity index (χ3v) is 1.94. The monoisotopic (exact) mass is 247 g/mol. The number of amides is 1. The molecule has 17 heavy (non-hydrogen) atoms. The number of benzene rings is 1. The van der Waals surface area contributed by atoms with Gasteiger partial charge in [-0.3, -0.25) is 4.79 Å². The summed E-state index contributed by atoms with van der Waals surface area (Å²) in [4.78, 5) is 11.0. The number of carbonyl (C=O) groups excluding carboxylic acids is 1. The molecule has 0 aliphatic carbocycles. The quantitative estimate of drug-likeness (QED) is 0.888. The predicted molar refractivity (Wildman–Crippen MR) is 55.3 cm³/mol. The van der Waals surface area contributed by atoms with Gasteiger partial charge in [0.2, 0.25) is 5.91 Å². The van der Waals surface area contributed by atoms with Crippen LogP contribution in [0.15, 0.2) is 24.3 Å². The van der Waals surface area contributed by atoms with E-state index < -0.39 is 6.36 Å². The first-order valence-electron chi connectivity index (χ1n) is 5.02. The van der Waals surface area contributed by atoms with E-state index in [9.17, 15) is 18.0 Å². The second-order valence-corrected chi connectivity index (χ2v) is 3.33. The van der Waals surface area contributed by atoms with E-state index in [0.717, 1.165) is 0 Å². The SMILES string of the molecule is CCC(=O)NCc1cccc(OC(F)(F)F)c1. The zero-order valence-corrected chi connectivity index (χ0v) is 9.17. The molecule has 0 aliphatic rings. The molecule has 0 heterocycles. The third-order valence-electron chi connectivity index (χ3n) is 1.94. The van der Waals surface area contributed by atoms with Crippen molar-refractivity contribution in [3.8, 4) is 5.75 Å². The summed E-state index contributed by atoms with van der Waals surface area (Å²) in [5.41, 5.74) is 0.550. The average molecular weight is 247 g/mol. The smallest absolute Gasteiger partial charge is 0.406 e. The lowest BCUT2D eigenvalue weighted by Gasteiger charge is -2.10. The Hall–Kier alpha value is -1.72. The Bertz CT molecular complexity index is 391. The normalized spacial score (nSPS) is 11.1. The molecule has 94 valence electrons. The van der Waals surface area contributed by atoms with E-state index >= 15 is 0 Å². The molecule has 1 rings (SSSR count). The molecule has 1 aromatic rings. The molecule has 1 N–H and O–H groups in total. The molecule has 0 spiro atoms. The van der Waals surface area contributed by atoms with Crippen molar-refractivity contribution in [2.75, 3.05) is 0 Å². The van der Waals surface area contributed by atoms with E-state index in [0.29, 0.717) is 12.0 Å². The van der Waals surface area contributed by atoms with Crippen LogP contribution < -0.4 is 10.1 Å². The highest BCUT2D eigenvalue weighted by Crippen LogP contribution is 2.23. The summed E-state index contributed by atoms with van der Waals surface area (Å²) in [6, 6.07) is 5.50. The zero-order chi connectivity index (χ0) is 12.9. The number of carbonyl (C=O) groups is 1. The molecular weight excluding hydrogens is 235 g/mol. The van der Waals surface area contributed by atoms with E-state index in [1.54, 1.807) is 13.0 Å². The number of nitrogens with one attached hydrogen (secondary N) is 1. The number of alkyl halides is 3. The Morgan fingerprint density at radius 2 is 2.12 bits per heavy atom. The van der Waals surface area contributed by atoms with Gasteiger partial charge in [0.25, 0.3) is 0 Å². The Morgan fingerprint density at radius 1 is 1.41 bits per heavy atom. The highest BCUT2D eigenvalue weighted by Gasteiger charge is 2.31. The lowest BCUT2D eigenvalue weighted by Crippen LogP contribution is -2.21. The van der Waals surface area contributed by atoms with Crippen LogP contribution in [0.3, 0.4) is 0 Å². The van der Waals surface area contributed by atoms with E-state index in [1.165, 1.54) is 18.2 Å². The van der Waals surface area contributed by atoms with Gasteiger partial charge in [-0.05, 0) is 17.7 Å². The van der Waals surface area contributed by atoms with Crippen LogP contribution in [0.4, 0.5) is 13.2 Å². The minimum atomic E-state index is -4.70. The Labute approximate surface area is 96.6 Å². The highest BCUT2D eigenvalue weighted by molar-refractivity contribution is 5.75. The fourth-order valence-corrected chi connectivity index (χ4v) is 1.18. The Balaban J connectivity index is 2.63. The van der Waals surface area contributed by atoms with Crippen LogP contribution in [0.1, 0.15) is 18.9 Å². The molecular formula is C11H12F3NO2. The molecule has 0 atom stereocenters. The van der Waals surface area contributed by atoms with Crippen LogP contribution in [0.25, 0.3) is 0 Å². The van der Waals surface area contributed by atoms with Gasteiger partial charge in [0.15, 0.2) is 0 Å². The lowest BCUT2D eigenvalue weighted by molar-refractivity contribution is -0.274. The summed E-state index contributed by atoms with van der Waals surface area (Å²) < 4.78 is 39.6. The number of halogens is 3. The number of hydrogen-bond acceptors (Lipinski definition) is 2. The van der Waals surface area contributed by atoms with Gasteiger partial charge in [-0.1, -0.05) is 19.1 Å². The molecule has 0 saturated heterocycles. The minimum Gasteiger partial charge on any atom is -0.406 e. The van der Waals surface area contributed by atoms with Gasteiger partial charge in [0.1, 0.15) is 5.75 Å². The van der Waals surface area contributed by atoms with Crippen molar-refractivity contribution in [1.29, 1.82) is 0 Å². The second-order valence-electron chi connectivity index (χ2n) is 3.33. The van der Waals surface area contributed by atoms with Gasteiger partial charge in [-0.15, -0.1) is 13.2 Å². The van der Waals surface area contributed by atoms with Gasteiger partial charge in [-0.2, -0.15) is 0 Å². The lowest BCUT2D eigenvalue weighted by atomic mass is 10.2. The van der Waals surface area contributed by atoms with E-state index in [2.05, 4.69) is 10.1 Å². The van der Waals surface area contributed by atoms with Crippen LogP contribution in [0, 0.1) is 0 Å². The molecule has 0 bridgehead atoms. The van der Waals surface area contributed by atoms with Crippen LogP contribution in [0.5, 0.6) is 5.75 Å². The molecule has 0 aromatic heterocycles. The summed E-state index contributed by atoms with van der Waals surface area (Å²) in [5.74, 6) is -0.451. The molecule has 0 unspecified atom stereocenters. The van der Waals surface area contributed by atoms with Gasteiger partial charge >= 0.3 is 6.36 Å². The van der Waals surface area contributed by atoms with Gasteiger partial charge in [0, 0.05) is 13.0 Å². The number of hydrogen-bond donors (Lipinski definition) is 1. The Kier molecular flexibility index (Phi) is 4.37. The van der Waals surface area contributed by atoms with Crippen molar-refractivity contribution in [3.05, 3.63) is 29.8 Å². The molecule has 1 amide bonds. The van der Waals surface area contributed by atoms with Crippen molar-refractivity contribution in [2.24, 2.45) is 0 Å². The Morgan fingerprint density at radius 3 is 2.71 bits per heavy atom. The topological polar surface area (TPSA) is 38.3 Å². The van der Waals surface area contributed by atoms with Crippen LogP contribution in [-0.4, -0.2) is 12.3 Å². The first-order valence-corrected chi connectivity index (χ1v) is 5.02. The molecule has 1 aromatic carbocycles. The summed E-state index contributed by atoms with van der Waals surface area (Å²) in [5, 5.41) is 2.56. The third kappa shape index (κ3) is 5.24. The first-order chi connectivity index (χ1) is 7.90. The first kappa shape index (κ1) is 13.3. The number of rotatable bonds is 4.